The average molecular weight is 329 g/mol. The van der Waals surface area contributed by atoms with Gasteiger partial charge in [-0.25, -0.2) is 0 Å². The van der Waals surface area contributed by atoms with Gasteiger partial charge in [0.1, 0.15) is 0 Å². The van der Waals surface area contributed by atoms with E-state index in [1.54, 1.807) is 0 Å². The summed E-state index contributed by atoms with van der Waals surface area (Å²) < 4.78 is 33.2. The third-order valence-electron chi connectivity index (χ3n) is 4.93. The van der Waals surface area contributed by atoms with Gasteiger partial charge >= 0.3 is 0 Å². The lowest BCUT2D eigenvalue weighted by Gasteiger charge is -2.36. The van der Waals surface area contributed by atoms with Crippen LogP contribution in [-0.2, 0) is 16.5 Å². The van der Waals surface area contributed by atoms with Crippen molar-refractivity contribution in [1.82, 2.24) is 0 Å². The van der Waals surface area contributed by atoms with Crippen LogP contribution in [0.1, 0.15) is 30.4 Å². The molecule has 2 aliphatic rings. The van der Waals surface area contributed by atoms with E-state index in [0.717, 1.165) is 24.9 Å². The highest BCUT2D eigenvalue weighted by Crippen LogP contribution is 2.42. The lowest BCUT2D eigenvalue weighted by Crippen LogP contribution is -2.44. The smallest absolute Gasteiger partial charge is 0.286 e. The second kappa shape index (κ2) is 5.35. The van der Waals surface area contributed by atoms with Crippen LogP contribution in [0.15, 0.2) is 42.5 Å². The molecule has 0 bridgehead atoms. The molecule has 1 atom stereocenters. The minimum atomic E-state index is -4.08. The van der Waals surface area contributed by atoms with Gasteiger partial charge in [0, 0.05) is 18.7 Å². The Bertz CT molecular complexity index is 860. The highest BCUT2D eigenvalue weighted by molar-refractivity contribution is 7.86. The van der Waals surface area contributed by atoms with Gasteiger partial charge in [-0.3, -0.25) is 4.55 Å². The van der Waals surface area contributed by atoms with Crippen molar-refractivity contribution in [2.75, 3.05) is 11.4 Å². The van der Waals surface area contributed by atoms with Crippen molar-refractivity contribution in [1.29, 1.82) is 0 Å². The van der Waals surface area contributed by atoms with Crippen LogP contribution in [-0.4, -0.2) is 24.9 Å². The van der Waals surface area contributed by atoms with Gasteiger partial charge in [0.2, 0.25) is 0 Å². The van der Waals surface area contributed by atoms with Crippen LogP contribution in [0, 0.1) is 0 Å². The molecule has 0 aromatic heterocycles. The third kappa shape index (κ3) is 2.44. The fourth-order valence-corrected chi connectivity index (χ4v) is 4.90. The second-order valence-electron chi connectivity index (χ2n) is 6.30. The molecule has 0 amide bonds. The molecular formula is C18H19NO3S. The quantitative estimate of drug-likeness (QED) is 0.732. The fraction of sp³-hybridized carbons (Fsp3) is 0.333. The number of anilines is 1. The zero-order valence-corrected chi connectivity index (χ0v) is 13.6. The van der Waals surface area contributed by atoms with E-state index in [2.05, 4.69) is 18.2 Å². The largest absolute Gasteiger partial charge is 0.353 e. The summed E-state index contributed by atoms with van der Waals surface area (Å²) >= 11 is 0. The molecule has 1 heterocycles. The molecule has 5 heteroatoms. The normalized spacial score (nSPS) is 20.2. The van der Waals surface area contributed by atoms with E-state index in [4.69, 9.17) is 0 Å². The summed E-state index contributed by atoms with van der Waals surface area (Å²) in [5.41, 5.74) is 5.79. The minimum absolute atomic E-state index is 0.482. The Hall–Kier alpha value is -1.85. The summed E-state index contributed by atoms with van der Waals surface area (Å²) in [4.78, 5) is 1.88. The van der Waals surface area contributed by atoms with Gasteiger partial charge in [0.15, 0.2) is 5.37 Å². The van der Waals surface area contributed by atoms with Crippen LogP contribution < -0.4 is 4.90 Å². The van der Waals surface area contributed by atoms with Crippen molar-refractivity contribution in [3.05, 3.63) is 53.6 Å². The van der Waals surface area contributed by atoms with Crippen molar-refractivity contribution < 1.29 is 13.0 Å². The monoisotopic (exact) mass is 329 g/mol. The van der Waals surface area contributed by atoms with Crippen LogP contribution >= 0.6 is 0 Å². The van der Waals surface area contributed by atoms with E-state index in [1.165, 1.54) is 22.3 Å². The van der Waals surface area contributed by atoms with Gasteiger partial charge in [-0.1, -0.05) is 36.4 Å². The highest BCUT2D eigenvalue weighted by Gasteiger charge is 2.34. The van der Waals surface area contributed by atoms with Gasteiger partial charge in [0.25, 0.3) is 10.1 Å². The molecule has 120 valence electrons. The first-order valence-electron chi connectivity index (χ1n) is 7.99. The van der Waals surface area contributed by atoms with Crippen molar-refractivity contribution >= 4 is 15.8 Å². The molecule has 1 aliphatic heterocycles. The van der Waals surface area contributed by atoms with Crippen LogP contribution in [0.4, 0.5) is 5.69 Å². The van der Waals surface area contributed by atoms with Crippen LogP contribution in [0.3, 0.4) is 0 Å². The van der Waals surface area contributed by atoms with Crippen LogP contribution in [0.5, 0.6) is 0 Å². The lowest BCUT2D eigenvalue weighted by molar-refractivity contribution is 0.436. The summed E-state index contributed by atoms with van der Waals surface area (Å²) in [7, 11) is -4.08. The molecule has 4 rings (SSSR count). The van der Waals surface area contributed by atoms with Gasteiger partial charge in [-0.15, -0.1) is 0 Å². The number of nitrogens with zero attached hydrogens (tertiary/aromatic N) is 1. The zero-order valence-electron chi connectivity index (χ0n) is 12.8. The summed E-state index contributed by atoms with van der Waals surface area (Å²) in [6.45, 7) is 0.664. The number of benzene rings is 2. The first kappa shape index (κ1) is 14.7. The number of piperidine rings is 1. The standard InChI is InChI=1S/C18H19NO3S/c20-23(21,22)18-10-3-4-11-19(18)17-9-5-8-15-14-7-2-1-6-13(14)12-16(15)17/h1-2,5-9,18H,3-4,10-12H2,(H,20,21,22). The Balaban J connectivity index is 1.82. The zero-order chi connectivity index (χ0) is 16.0. The number of rotatable bonds is 2. The van der Waals surface area contributed by atoms with E-state index >= 15 is 0 Å². The lowest BCUT2D eigenvalue weighted by atomic mass is 10.0. The summed E-state index contributed by atoms with van der Waals surface area (Å²) in [6, 6.07) is 14.4. The van der Waals surface area contributed by atoms with E-state index < -0.39 is 15.5 Å². The Kier molecular flexibility index (Phi) is 3.43. The summed E-state index contributed by atoms with van der Waals surface area (Å²) in [5, 5.41) is -0.827. The minimum Gasteiger partial charge on any atom is -0.353 e. The Morgan fingerprint density at radius 3 is 2.61 bits per heavy atom. The number of fused-ring (bicyclic) bond motifs is 3. The molecule has 0 radical (unpaired) electrons. The topological polar surface area (TPSA) is 57.6 Å². The molecule has 1 aliphatic carbocycles. The molecule has 2 aromatic carbocycles. The fourth-order valence-electron chi connectivity index (χ4n) is 3.90. The molecule has 1 N–H and O–H groups in total. The van der Waals surface area contributed by atoms with Crippen molar-refractivity contribution in [2.24, 2.45) is 0 Å². The van der Waals surface area contributed by atoms with E-state index in [9.17, 15) is 13.0 Å². The predicted molar refractivity (Wildman–Crippen MR) is 91.2 cm³/mol. The van der Waals surface area contributed by atoms with Crippen molar-refractivity contribution in [3.63, 3.8) is 0 Å². The third-order valence-corrected chi connectivity index (χ3v) is 6.10. The molecule has 4 nitrogen and oxygen atoms in total. The van der Waals surface area contributed by atoms with E-state index in [0.29, 0.717) is 13.0 Å². The molecule has 1 saturated heterocycles. The first-order chi connectivity index (χ1) is 11.1. The first-order valence-corrected chi connectivity index (χ1v) is 9.49. The Morgan fingerprint density at radius 2 is 1.78 bits per heavy atom. The van der Waals surface area contributed by atoms with Gasteiger partial charge in [0.05, 0.1) is 0 Å². The molecule has 1 unspecified atom stereocenters. The molecule has 1 fully saturated rings. The molecule has 0 spiro atoms. The number of hydrogen-bond acceptors (Lipinski definition) is 3. The average Bonchev–Trinajstić information content (AvgIpc) is 2.93. The van der Waals surface area contributed by atoms with E-state index in [-0.39, 0.29) is 0 Å². The second-order valence-corrected chi connectivity index (χ2v) is 7.87. The van der Waals surface area contributed by atoms with E-state index in [1.807, 2.05) is 29.2 Å². The number of hydrogen-bond donors (Lipinski definition) is 1. The summed E-state index contributed by atoms with van der Waals surface area (Å²) in [6.07, 6.45) is 3.07. The van der Waals surface area contributed by atoms with Gasteiger partial charge in [-0.2, -0.15) is 8.42 Å². The van der Waals surface area contributed by atoms with Gasteiger partial charge in [-0.05, 0) is 47.6 Å². The van der Waals surface area contributed by atoms with Crippen molar-refractivity contribution in [3.8, 4) is 11.1 Å². The molecular weight excluding hydrogens is 310 g/mol. The van der Waals surface area contributed by atoms with Crippen LogP contribution in [0.2, 0.25) is 0 Å². The molecule has 0 saturated carbocycles. The SMILES string of the molecule is O=S(=O)(O)C1CCCCN1c1cccc2c1Cc1ccccc1-2. The van der Waals surface area contributed by atoms with Gasteiger partial charge < -0.3 is 4.90 Å². The molecule has 23 heavy (non-hydrogen) atoms. The Morgan fingerprint density at radius 1 is 1.00 bits per heavy atom. The van der Waals surface area contributed by atoms with Crippen molar-refractivity contribution in [2.45, 2.75) is 31.1 Å². The Labute approximate surface area is 136 Å². The summed E-state index contributed by atoms with van der Waals surface area (Å²) in [5.74, 6) is 0. The molecule has 2 aromatic rings. The maximum absolute atomic E-state index is 11.8. The van der Waals surface area contributed by atoms with Crippen LogP contribution in [0.25, 0.3) is 11.1 Å². The predicted octanol–water partition coefficient (Wildman–Crippen LogP) is 3.46. The maximum atomic E-state index is 11.8. The maximum Gasteiger partial charge on any atom is 0.286 e. The highest BCUT2D eigenvalue weighted by atomic mass is 32.2.